The van der Waals surface area contributed by atoms with Crippen LogP contribution in [0.15, 0.2) is 47.7 Å². The molecule has 100 valence electrons. The molecule has 0 saturated heterocycles. The predicted octanol–water partition coefficient (Wildman–Crippen LogP) is 2.50. The lowest BCUT2D eigenvalue weighted by atomic mass is 10.3. The zero-order chi connectivity index (χ0) is 13.7. The van der Waals surface area contributed by atoms with E-state index in [0.717, 1.165) is 18.7 Å². The Morgan fingerprint density at radius 2 is 2.10 bits per heavy atom. The third-order valence-corrected chi connectivity index (χ3v) is 3.66. The van der Waals surface area contributed by atoms with Crippen molar-refractivity contribution in [3.05, 3.63) is 64.9 Å². The molecule has 0 atom stereocenters. The molecule has 0 spiro atoms. The summed E-state index contributed by atoms with van der Waals surface area (Å²) < 4.78 is 16.6. The maximum atomic E-state index is 13.3. The summed E-state index contributed by atoms with van der Waals surface area (Å²) >= 11 is 0. The number of benzene rings is 1. The van der Waals surface area contributed by atoms with Crippen LogP contribution in [0.1, 0.15) is 24.6 Å². The first-order valence-corrected chi connectivity index (χ1v) is 6.58. The van der Waals surface area contributed by atoms with E-state index in [0.29, 0.717) is 17.1 Å². The summed E-state index contributed by atoms with van der Waals surface area (Å²) in [7, 11) is 0. The molecule has 3 aromatic rings. The third kappa shape index (κ3) is 1.66. The number of halogens is 1. The van der Waals surface area contributed by atoms with Crippen molar-refractivity contribution in [2.24, 2.45) is 0 Å². The molecule has 0 N–H and O–H groups in total. The van der Waals surface area contributed by atoms with Crippen LogP contribution in [0, 0.1) is 5.82 Å². The van der Waals surface area contributed by atoms with Gasteiger partial charge in [-0.25, -0.2) is 9.37 Å². The zero-order valence-corrected chi connectivity index (χ0v) is 10.7. The van der Waals surface area contributed by atoms with Crippen molar-refractivity contribution >= 4 is 5.52 Å². The molecular formula is C15H12FN3O. The fourth-order valence-corrected chi connectivity index (χ4v) is 2.49. The van der Waals surface area contributed by atoms with Gasteiger partial charge in [0.25, 0.3) is 5.56 Å². The van der Waals surface area contributed by atoms with Crippen LogP contribution in [0.2, 0.25) is 0 Å². The second kappa shape index (κ2) is 4.03. The van der Waals surface area contributed by atoms with Crippen molar-refractivity contribution in [1.82, 2.24) is 14.0 Å². The third-order valence-electron chi connectivity index (χ3n) is 3.66. The minimum Gasteiger partial charge on any atom is -0.297 e. The van der Waals surface area contributed by atoms with E-state index >= 15 is 0 Å². The van der Waals surface area contributed by atoms with Crippen LogP contribution in [-0.2, 0) is 0 Å². The molecule has 0 unspecified atom stereocenters. The van der Waals surface area contributed by atoms with Gasteiger partial charge in [0.1, 0.15) is 17.2 Å². The normalized spacial score (nSPS) is 14.8. The number of hydrogen-bond acceptors (Lipinski definition) is 2. The molecule has 4 nitrogen and oxygen atoms in total. The minimum atomic E-state index is -0.360. The first kappa shape index (κ1) is 11.4. The van der Waals surface area contributed by atoms with Crippen LogP contribution in [0.3, 0.4) is 0 Å². The van der Waals surface area contributed by atoms with Crippen LogP contribution >= 0.6 is 0 Å². The van der Waals surface area contributed by atoms with Crippen molar-refractivity contribution in [3.63, 3.8) is 0 Å². The van der Waals surface area contributed by atoms with Gasteiger partial charge in [0.2, 0.25) is 0 Å². The van der Waals surface area contributed by atoms with Crippen molar-refractivity contribution in [2.45, 2.75) is 18.8 Å². The molecule has 1 aliphatic rings. The summed E-state index contributed by atoms with van der Waals surface area (Å²) in [6.07, 6.45) is 7.35. The molecule has 20 heavy (non-hydrogen) atoms. The summed E-state index contributed by atoms with van der Waals surface area (Å²) in [5, 5.41) is 0. The highest BCUT2D eigenvalue weighted by molar-refractivity contribution is 5.47. The van der Waals surface area contributed by atoms with Crippen molar-refractivity contribution in [2.75, 3.05) is 0 Å². The van der Waals surface area contributed by atoms with Crippen LogP contribution in [-0.4, -0.2) is 14.0 Å². The summed E-state index contributed by atoms with van der Waals surface area (Å²) in [4.78, 5) is 16.8. The monoisotopic (exact) mass is 269 g/mol. The van der Waals surface area contributed by atoms with Gasteiger partial charge in [0.15, 0.2) is 0 Å². The van der Waals surface area contributed by atoms with Gasteiger partial charge in [-0.2, -0.15) is 0 Å². The minimum absolute atomic E-state index is 0.183. The number of fused-ring (bicyclic) bond motifs is 1. The quantitative estimate of drug-likeness (QED) is 0.717. The van der Waals surface area contributed by atoms with E-state index in [2.05, 4.69) is 4.98 Å². The number of nitrogens with zero attached hydrogens (tertiary/aromatic N) is 3. The van der Waals surface area contributed by atoms with E-state index in [9.17, 15) is 9.18 Å². The molecule has 0 aliphatic heterocycles. The molecule has 1 saturated carbocycles. The Morgan fingerprint density at radius 1 is 1.25 bits per heavy atom. The fourth-order valence-electron chi connectivity index (χ4n) is 2.49. The number of aromatic nitrogens is 3. The Labute approximate surface area is 114 Å². The maximum absolute atomic E-state index is 13.3. The SMILES string of the molecule is O=c1c2cnc(C3CC3)n2ccn1-c1cccc(F)c1. The summed E-state index contributed by atoms with van der Waals surface area (Å²) in [6.45, 7) is 0. The smallest absolute Gasteiger partial charge is 0.281 e. The molecule has 0 amide bonds. The van der Waals surface area contributed by atoms with E-state index in [1.165, 1.54) is 16.7 Å². The van der Waals surface area contributed by atoms with Gasteiger partial charge in [-0.1, -0.05) is 6.07 Å². The van der Waals surface area contributed by atoms with E-state index in [4.69, 9.17) is 0 Å². The van der Waals surface area contributed by atoms with Gasteiger partial charge in [-0.15, -0.1) is 0 Å². The van der Waals surface area contributed by atoms with Gasteiger partial charge in [0, 0.05) is 18.3 Å². The van der Waals surface area contributed by atoms with Crippen LogP contribution in [0.5, 0.6) is 0 Å². The van der Waals surface area contributed by atoms with E-state index < -0.39 is 0 Å². The van der Waals surface area contributed by atoms with Gasteiger partial charge < -0.3 is 0 Å². The van der Waals surface area contributed by atoms with Crippen LogP contribution < -0.4 is 5.56 Å². The summed E-state index contributed by atoms with van der Waals surface area (Å²) in [5.74, 6) is 1.06. The van der Waals surface area contributed by atoms with E-state index in [1.807, 2.05) is 10.6 Å². The molecule has 1 aromatic carbocycles. The molecular weight excluding hydrogens is 257 g/mol. The van der Waals surface area contributed by atoms with Gasteiger partial charge >= 0.3 is 0 Å². The fraction of sp³-hybridized carbons (Fsp3) is 0.200. The molecule has 2 heterocycles. The van der Waals surface area contributed by atoms with Crippen molar-refractivity contribution in [3.8, 4) is 5.69 Å². The molecule has 0 radical (unpaired) electrons. The first-order valence-electron chi connectivity index (χ1n) is 6.58. The molecule has 5 heteroatoms. The van der Waals surface area contributed by atoms with Gasteiger partial charge in [-0.3, -0.25) is 13.8 Å². The van der Waals surface area contributed by atoms with Crippen LogP contribution in [0.4, 0.5) is 4.39 Å². The van der Waals surface area contributed by atoms with E-state index in [1.54, 1.807) is 24.5 Å². The Bertz CT molecular complexity index is 861. The Morgan fingerprint density at radius 3 is 2.85 bits per heavy atom. The lowest BCUT2D eigenvalue weighted by Gasteiger charge is -2.07. The Kier molecular flexibility index (Phi) is 2.30. The molecule has 2 aromatic heterocycles. The molecule has 4 rings (SSSR count). The van der Waals surface area contributed by atoms with Crippen LogP contribution in [0.25, 0.3) is 11.2 Å². The van der Waals surface area contributed by atoms with E-state index in [-0.39, 0.29) is 11.4 Å². The standard InChI is InChI=1S/C15H12FN3O/c16-11-2-1-3-12(8-11)18-6-7-19-13(15(18)20)9-17-14(19)10-4-5-10/h1-3,6-10H,4-5H2. The summed E-state index contributed by atoms with van der Waals surface area (Å²) in [5.41, 5.74) is 0.864. The highest BCUT2D eigenvalue weighted by atomic mass is 19.1. The van der Waals surface area contributed by atoms with Crippen molar-refractivity contribution < 1.29 is 4.39 Å². The number of hydrogen-bond donors (Lipinski definition) is 0. The zero-order valence-electron chi connectivity index (χ0n) is 10.7. The molecule has 1 fully saturated rings. The highest BCUT2D eigenvalue weighted by Gasteiger charge is 2.28. The maximum Gasteiger partial charge on any atom is 0.281 e. The Balaban J connectivity index is 1.94. The largest absolute Gasteiger partial charge is 0.297 e. The van der Waals surface area contributed by atoms with Gasteiger partial charge in [-0.05, 0) is 31.0 Å². The second-order valence-electron chi connectivity index (χ2n) is 5.10. The lowest BCUT2D eigenvalue weighted by Crippen LogP contribution is -2.19. The number of rotatable bonds is 2. The van der Waals surface area contributed by atoms with Crippen molar-refractivity contribution in [1.29, 1.82) is 0 Å². The average molecular weight is 269 g/mol. The number of imidazole rings is 1. The molecule has 1 aliphatic carbocycles. The highest BCUT2D eigenvalue weighted by Crippen LogP contribution is 2.38. The summed E-state index contributed by atoms with van der Waals surface area (Å²) in [6, 6.07) is 6.00. The second-order valence-corrected chi connectivity index (χ2v) is 5.10. The van der Waals surface area contributed by atoms with Gasteiger partial charge in [0.05, 0.1) is 11.9 Å². The first-order chi connectivity index (χ1) is 9.74. The average Bonchev–Trinajstić information content (AvgIpc) is 3.19. The predicted molar refractivity (Wildman–Crippen MR) is 72.7 cm³/mol. The Hall–Kier alpha value is -2.43. The molecule has 0 bridgehead atoms. The topological polar surface area (TPSA) is 39.3 Å². The lowest BCUT2D eigenvalue weighted by molar-refractivity contribution is 0.626.